The number of likely N-dealkylation sites (tertiary alicyclic amines) is 1. The molecule has 1 rings (SSSR count). The molecular formula is C10H21N3O. The maximum atomic E-state index is 7.41. The molecule has 82 valence electrons. The van der Waals surface area contributed by atoms with Crippen LogP contribution in [-0.2, 0) is 4.74 Å². The van der Waals surface area contributed by atoms with Gasteiger partial charge < -0.3 is 10.5 Å². The minimum Gasteiger partial charge on any atom is -0.386 e. The Kier molecular flexibility index (Phi) is 3.89. The molecule has 4 nitrogen and oxygen atoms in total. The second-order valence-electron chi connectivity index (χ2n) is 4.17. The maximum absolute atomic E-state index is 7.41. The van der Waals surface area contributed by atoms with Crippen molar-refractivity contribution in [2.75, 3.05) is 20.2 Å². The first-order chi connectivity index (χ1) is 6.56. The van der Waals surface area contributed by atoms with Crippen LogP contribution in [0.5, 0.6) is 0 Å². The summed E-state index contributed by atoms with van der Waals surface area (Å²) in [4.78, 5) is 2.22. The fraction of sp³-hybridized carbons (Fsp3) is 0.900. The zero-order chi connectivity index (χ0) is 10.7. The molecule has 3 atom stereocenters. The molecule has 0 bridgehead atoms. The quantitative estimate of drug-likeness (QED) is 0.518. The number of nitrogens with two attached hydrogens (primary N) is 1. The monoisotopic (exact) mass is 199 g/mol. The Balaban J connectivity index is 2.54. The summed E-state index contributed by atoms with van der Waals surface area (Å²) in [6.07, 6.45) is 1.40. The third kappa shape index (κ3) is 2.45. The predicted octanol–water partition coefficient (Wildman–Crippen LogP) is 0.668. The van der Waals surface area contributed by atoms with E-state index in [2.05, 4.69) is 11.8 Å². The molecule has 0 aromatic heterocycles. The van der Waals surface area contributed by atoms with Gasteiger partial charge in [-0.25, -0.2) is 0 Å². The SMILES string of the molecule is COC1CN(C(C)C(=N)N)CCC1C. The minimum atomic E-state index is 0.0418. The van der Waals surface area contributed by atoms with Crippen molar-refractivity contribution < 1.29 is 4.74 Å². The van der Waals surface area contributed by atoms with Crippen LogP contribution in [0, 0.1) is 11.3 Å². The molecule has 1 aliphatic rings. The van der Waals surface area contributed by atoms with Crippen molar-refractivity contribution in [2.24, 2.45) is 11.7 Å². The van der Waals surface area contributed by atoms with E-state index in [1.54, 1.807) is 7.11 Å². The van der Waals surface area contributed by atoms with Gasteiger partial charge in [0.25, 0.3) is 0 Å². The van der Waals surface area contributed by atoms with Gasteiger partial charge in [0.1, 0.15) is 5.84 Å². The summed E-state index contributed by atoms with van der Waals surface area (Å²) in [5.41, 5.74) is 5.49. The van der Waals surface area contributed by atoms with Crippen LogP contribution in [0.2, 0.25) is 0 Å². The minimum absolute atomic E-state index is 0.0418. The Morgan fingerprint density at radius 1 is 1.64 bits per heavy atom. The molecule has 0 radical (unpaired) electrons. The van der Waals surface area contributed by atoms with Crippen LogP contribution in [0.1, 0.15) is 20.3 Å². The number of rotatable bonds is 3. The van der Waals surface area contributed by atoms with Gasteiger partial charge >= 0.3 is 0 Å². The normalized spacial score (nSPS) is 31.4. The van der Waals surface area contributed by atoms with Gasteiger partial charge in [0.05, 0.1) is 12.1 Å². The van der Waals surface area contributed by atoms with E-state index in [1.807, 2.05) is 6.92 Å². The van der Waals surface area contributed by atoms with E-state index in [4.69, 9.17) is 15.9 Å². The van der Waals surface area contributed by atoms with Crippen LogP contribution in [0.4, 0.5) is 0 Å². The molecule has 1 aliphatic heterocycles. The zero-order valence-electron chi connectivity index (χ0n) is 9.29. The van der Waals surface area contributed by atoms with E-state index >= 15 is 0 Å². The zero-order valence-corrected chi connectivity index (χ0v) is 9.29. The van der Waals surface area contributed by atoms with Crippen molar-refractivity contribution in [1.29, 1.82) is 5.41 Å². The molecular weight excluding hydrogens is 178 g/mol. The first kappa shape index (κ1) is 11.5. The third-order valence-electron chi connectivity index (χ3n) is 3.22. The number of hydrogen-bond donors (Lipinski definition) is 2. The lowest BCUT2D eigenvalue weighted by atomic mass is 9.95. The van der Waals surface area contributed by atoms with Crippen LogP contribution in [-0.4, -0.2) is 43.1 Å². The summed E-state index contributed by atoms with van der Waals surface area (Å²) in [6, 6.07) is 0.0418. The molecule has 0 aliphatic carbocycles. The lowest BCUT2D eigenvalue weighted by molar-refractivity contribution is -0.00916. The molecule has 3 N–H and O–H groups in total. The molecule has 14 heavy (non-hydrogen) atoms. The highest BCUT2D eigenvalue weighted by molar-refractivity contribution is 5.82. The van der Waals surface area contributed by atoms with Gasteiger partial charge in [-0.3, -0.25) is 10.3 Å². The molecule has 3 unspecified atom stereocenters. The van der Waals surface area contributed by atoms with Crippen LogP contribution < -0.4 is 5.73 Å². The van der Waals surface area contributed by atoms with Crippen molar-refractivity contribution >= 4 is 5.84 Å². The largest absolute Gasteiger partial charge is 0.386 e. The lowest BCUT2D eigenvalue weighted by Crippen LogP contribution is -2.51. The van der Waals surface area contributed by atoms with Crippen molar-refractivity contribution in [3.63, 3.8) is 0 Å². The Labute approximate surface area is 85.9 Å². The Morgan fingerprint density at radius 3 is 2.79 bits per heavy atom. The second kappa shape index (κ2) is 4.75. The lowest BCUT2D eigenvalue weighted by Gasteiger charge is -2.39. The Hall–Kier alpha value is -0.610. The second-order valence-corrected chi connectivity index (χ2v) is 4.17. The van der Waals surface area contributed by atoms with E-state index in [9.17, 15) is 0 Å². The Bertz CT molecular complexity index is 208. The van der Waals surface area contributed by atoms with E-state index in [-0.39, 0.29) is 18.0 Å². The van der Waals surface area contributed by atoms with E-state index < -0.39 is 0 Å². The number of hydrogen-bond acceptors (Lipinski definition) is 3. The number of nitrogens with zero attached hydrogens (tertiary/aromatic N) is 1. The smallest absolute Gasteiger partial charge is 0.108 e. The molecule has 0 saturated carbocycles. The molecule has 0 aromatic carbocycles. The molecule has 0 spiro atoms. The molecule has 0 amide bonds. The number of ether oxygens (including phenoxy) is 1. The molecule has 1 heterocycles. The van der Waals surface area contributed by atoms with Gasteiger partial charge in [-0.15, -0.1) is 0 Å². The maximum Gasteiger partial charge on any atom is 0.108 e. The fourth-order valence-corrected chi connectivity index (χ4v) is 1.91. The Morgan fingerprint density at radius 2 is 2.29 bits per heavy atom. The predicted molar refractivity (Wildman–Crippen MR) is 57.5 cm³/mol. The fourth-order valence-electron chi connectivity index (χ4n) is 1.91. The van der Waals surface area contributed by atoms with E-state index in [0.29, 0.717) is 5.92 Å². The van der Waals surface area contributed by atoms with Crippen molar-refractivity contribution in [3.8, 4) is 0 Å². The first-order valence-electron chi connectivity index (χ1n) is 5.17. The van der Waals surface area contributed by atoms with Gasteiger partial charge in [0, 0.05) is 13.7 Å². The van der Waals surface area contributed by atoms with Gasteiger partial charge in [-0.2, -0.15) is 0 Å². The van der Waals surface area contributed by atoms with Crippen molar-refractivity contribution in [3.05, 3.63) is 0 Å². The standard InChI is InChI=1S/C10H21N3O/c1-7-4-5-13(6-9(7)14-3)8(2)10(11)12/h7-9H,4-6H2,1-3H3,(H3,11,12). The van der Waals surface area contributed by atoms with Gasteiger partial charge in [0.2, 0.25) is 0 Å². The van der Waals surface area contributed by atoms with Gasteiger partial charge in [0.15, 0.2) is 0 Å². The van der Waals surface area contributed by atoms with E-state index in [1.165, 1.54) is 0 Å². The first-order valence-corrected chi connectivity index (χ1v) is 5.17. The van der Waals surface area contributed by atoms with Crippen LogP contribution in [0.25, 0.3) is 0 Å². The summed E-state index contributed by atoms with van der Waals surface area (Å²) in [6.45, 7) is 6.09. The van der Waals surface area contributed by atoms with Crippen molar-refractivity contribution in [1.82, 2.24) is 4.90 Å². The number of amidine groups is 1. The van der Waals surface area contributed by atoms with Gasteiger partial charge in [-0.05, 0) is 25.8 Å². The van der Waals surface area contributed by atoms with Crippen LogP contribution >= 0.6 is 0 Å². The van der Waals surface area contributed by atoms with E-state index in [0.717, 1.165) is 19.5 Å². The van der Waals surface area contributed by atoms with Crippen molar-refractivity contribution in [2.45, 2.75) is 32.4 Å². The van der Waals surface area contributed by atoms with Crippen LogP contribution in [0.15, 0.2) is 0 Å². The van der Waals surface area contributed by atoms with Gasteiger partial charge in [-0.1, -0.05) is 6.92 Å². The highest BCUT2D eigenvalue weighted by Crippen LogP contribution is 2.20. The third-order valence-corrected chi connectivity index (χ3v) is 3.22. The molecule has 1 fully saturated rings. The molecule has 0 aromatic rings. The summed E-state index contributed by atoms with van der Waals surface area (Å²) < 4.78 is 5.41. The summed E-state index contributed by atoms with van der Waals surface area (Å²) >= 11 is 0. The summed E-state index contributed by atoms with van der Waals surface area (Å²) in [5.74, 6) is 0.852. The number of nitrogens with one attached hydrogen (secondary N) is 1. The highest BCUT2D eigenvalue weighted by atomic mass is 16.5. The molecule has 4 heteroatoms. The average Bonchev–Trinajstić information content (AvgIpc) is 2.17. The summed E-state index contributed by atoms with van der Waals surface area (Å²) in [5, 5.41) is 7.41. The highest BCUT2D eigenvalue weighted by Gasteiger charge is 2.29. The number of piperidine rings is 1. The summed E-state index contributed by atoms with van der Waals surface area (Å²) in [7, 11) is 1.75. The number of methoxy groups -OCH3 is 1. The average molecular weight is 199 g/mol. The molecule has 1 saturated heterocycles. The topological polar surface area (TPSA) is 62.3 Å². The van der Waals surface area contributed by atoms with Crippen LogP contribution in [0.3, 0.4) is 0 Å².